The predicted octanol–water partition coefficient (Wildman–Crippen LogP) is 2.25. The summed E-state index contributed by atoms with van der Waals surface area (Å²) >= 11 is 0. The average molecular weight is 365 g/mol. The fourth-order valence-corrected chi connectivity index (χ4v) is 3.65. The van der Waals surface area contributed by atoms with E-state index in [-0.39, 0.29) is 23.6 Å². The maximum Gasteiger partial charge on any atom is 0.293 e. The van der Waals surface area contributed by atoms with Crippen LogP contribution in [0.3, 0.4) is 0 Å². The summed E-state index contributed by atoms with van der Waals surface area (Å²) in [5.74, 6) is -0.130. The average Bonchev–Trinajstić information content (AvgIpc) is 3.23. The summed E-state index contributed by atoms with van der Waals surface area (Å²) in [5.41, 5.74) is 2.63. The van der Waals surface area contributed by atoms with Gasteiger partial charge in [-0.25, -0.2) is 4.68 Å². The molecular formula is C20H23N5O2. The number of amides is 1. The molecule has 0 bridgehead atoms. The molecular weight excluding hydrogens is 342 g/mol. The van der Waals surface area contributed by atoms with Gasteiger partial charge in [-0.1, -0.05) is 18.2 Å². The molecule has 0 unspecified atom stereocenters. The van der Waals surface area contributed by atoms with Gasteiger partial charge in [0.2, 0.25) is 5.91 Å². The van der Waals surface area contributed by atoms with E-state index in [9.17, 15) is 9.59 Å². The summed E-state index contributed by atoms with van der Waals surface area (Å²) in [5, 5.41) is 9.48. The van der Waals surface area contributed by atoms with E-state index in [1.807, 2.05) is 52.0 Å². The number of aryl methyl sites for hydroxylation is 1. The number of para-hydroxylation sites is 1. The molecule has 0 saturated heterocycles. The lowest BCUT2D eigenvalue weighted by Gasteiger charge is -2.21. The molecule has 0 saturated carbocycles. The van der Waals surface area contributed by atoms with Crippen LogP contribution in [0.5, 0.6) is 0 Å². The van der Waals surface area contributed by atoms with Crippen molar-refractivity contribution in [3.63, 3.8) is 0 Å². The molecule has 7 nitrogen and oxygen atoms in total. The molecule has 4 rings (SSSR count). The first-order valence-electron chi connectivity index (χ1n) is 9.11. The van der Waals surface area contributed by atoms with Crippen molar-refractivity contribution in [2.45, 2.75) is 46.2 Å². The topological polar surface area (TPSA) is 73.0 Å². The summed E-state index contributed by atoms with van der Waals surface area (Å²) in [4.78, 5) is 27.7. The van der Waals surface area contributed by atoms with Crippen LogP contribution in [0.2, 0.25) is 0 Å². The smallest absolute Gasteiger partial charge is 0.293 e. The van der Waals surface area contributed by atoms with E-state index in [2.05, 4.69) is 10.2 Å². The predicted molar refractivity (Wildman–Crippen MR) is 104 cm³/mol. The number of aromatic nitrogens is 4. The molecule has 2 aromatic heterocycles. The van der Waals surface area contributed by atoms with Crippen molar-refractivity contribution in [3.05, 3.63) is 52.1 Å². The van der Waals surface area contributed by atoms with Gasteiger partial charge in [0.25, 0.3) is 5.56 Å². The fraction of sp³-hybridized carbons (Fsp3) is 0.400. The van der Waals surface area contributed by atoms with Gasteiger partial charge < -0.3 is 4.90 Å². The zero-order valence-corrected chi connectivity index (χ0v) is 16.1. The Kier molecular flexibility index (Phi) is 3.91. The van der Waals surface area contributed by atoms with Crippen LogP contribution in [0.1, 0.15) is 32.0 Å². The summed E-state index contributed by atoms with van der Waals surface area (Å²) in [6.45, 7) is 8.36. The Morgan fingerprint density at radius 2 is 1.96 bits per heavy atom. The molecule has 27 heavy (non-hydrogen) atoms. The molecule has 0 spiro atoms. The Morgan fingerprint density at radius 3 is 2.70 bits per heavy atom. The maximum absolute atomic E-state index is 13.1. The number of hydrogen-bond acceptors (Lipinski definition) is 4. The van der Waals surface area contributed by atoms with Gasteiger partial charge in [0.05, 0.1) is 17.4 Å². The van der Waals surface area contributed by atoms with Crippen molar-refractivity contribution in [1.29, 1.82) is 0 Å². The molecule has 0 aliphatic carbocycles. The standard InChI is InChI=1S/C20H23N5O2/c1-13-15-11-21-25(20(2,3)4)18(15)19(27)24(22-13)12-17(26)23-10-9-14-7-5-6-8-16(14)23/h5-8,11H,9-10,12H2,1-4H3. The Balaban J connectivity index is 1.74. The Hall–Kier alpha value is -2.96. The number of fused-ring (bicyclic) bond motifs is 2. The van der Waals surface area contributed by atoms with Crippen molar-refractivity contribution in [2.75, 3.05) is 11.4 Å². The molecule has 3 heterocycles. The lowest BCUT2D eigenvalue weighted by molar-refractivity contribution is -0.119. The van der Waals surface area contributed by atoms with Crippen molar-refractivity contribution in [1.82, 2.24) is 19.6 Å². The molecule has 0 radical (unpaired) electrons. The van der Waals surface area contributed by atoms with Gasteiger partial charge in [0.15, 0.2) is 0 Å². The minimum Gasteiger partial charge on any atom is -0.310 e. The first kappa shape index (κ1) is 17.5. The molecule has 0 fully saturated rings. The zero-order chi connectivity index (χ0) is 19.3. The van der Waals surface area contributed by atoms with E-state index in [4.69, 9.17) is 0 Å². The first-order chi connectivity index (χ1) is 12.8. The van der Waals surface area contributed by atoms with E-state index in [1.54, 1.807) is 15.8 Å². The van der Waals surface area contributed by atoms with E-state index in [1.165, 1.54) is 4.68 Å². The largest absolute Gasteiger partial charge is 0.310 e. The third-order valence-electron chi connectivity index (χ3n) is 4.98. The van der Waals surface area contributed by atoms with Crippen LogP contribution in [-0.2, 0) is 23.3 Å². The lowest BCUT2D eigenvalue weighted by atomic mass is 10.1. The number of nitrogens with zero attached hydrogens (tertiary/aromatic N) is 5. The van der Waals surface area contributed by atoms with Crippen molar-refractivity contribution in [2.24, 2.45) is 0 Å². The Morgan fingerprint density at radius 1 is 1.22 bits per heavy atom. The number of anilines is 1. The van der Waals surface area contributed by atoms with Crippen molar-refractivity contribution < 1.29 is 4.79 Å². The van der Waals surface area contributed by atoms with Crippen LogP contribution in [0.15, 0.2) is 35.3 Å². The minimum atomic E-state index is -0.343. The number of carbonyl (C=O) groups excluding carboxylic acids is 1. The SMILES string of the molecule is Cc1nn(CC(=O)N2CCc3ccccc32)c(=O)c2c1cnn2C(C)(C)C. The van der Waals surface area contributed by atoms with Crippen LogP contribution in [-0.4, -0.2) is 32.0 Å². The van der Waals surface area contributed by atoms with Gasteiger partial charge in [-0.05, 0) is 45.7 Å². The summed E-state index contributed by atoms with van der Waals surface area (Å²) < 4.78 is 2.98. The number of rotatable bonds is 2. The van der Waals surface area contributed by atoms with Gasteiger partial charge in [0, 0.05) is 17.6 Å². The highest BCUT2D eigenvalue weighted by Crippen LogP contribution is 2.27. The van der Waals surface area contributed by atoms with Crippen LogP contribution in [0.25, 0.3) is 10.9 Å². The van der Waals surface area contributed by atoms with Crippen LogP contribution < -0.4 is 10.5 Å². The second-order valence-corrected chi connectivity index (χ2v) is 7.96. The summed E-state index contributed by atoms with van der Waals surface area (Å²) in [6, 6.07) is 7.88. The Bertz CT molecular complexity index is 1100. The van der Waals surface area contributed by atoms with Gasteiger partial charge in [-0.2, -0.15) is 10.2 Å². The van der Waals surface area contributed by atoms with Crippen LogP contribution in [0.4, 0.5) is 5.69 Å². The lowest BCUT2D eigenvalue weighted by Crippen LogP contribution is -2.37. The maximum atomic E-state index is 13.1. The highest BCUT2D eigenvalue weighted by molar-refractivity contribution is 5.95. The van der Waals surface area contributed by atoms with Crippen molar-refractivity contribution >= 4 is 22.5 Å². The molecule has 0 atom stereocenters. The monoisotopic (exact) mass is 365 g/mol. The van der Waals surface area contributed by atoms with Gasteiger partial charge >= 0.3 is 0 Å². The zero-order valence-electron chi connectivity index (χ0n) is 16.1. The van der Waals surface area contributed by atoms with Gasteiger partial charge in [-0.3, -0.25) is 14.3 Å². The third kappa shape index (κ3) is 2.83. The molecule has 1 aliphatic rings. The molecule has 1 amide bonds. The molecule has 0 N–H and O–H groups in total. The number of hydrogen-bond donors (Lipinski definition) is 0. The quantitative estimate of drug-likeness (QED) is 0.698. The number of benzene rings is 1. The van der Waals surface area contributed by atoms with Crippen LogP contribution >= 0.6 is 0 Å². The third-order valence-corrected chi connectivity index (χ3v) is 4.98. The Labute approximate surface area is 157 Å². The van der Waals surface area contributed by atoms with Gasteiger partial charge in [0.1, 0.15) is 12.1 Å². The van der Waals surface area contributed by atoms with Crippen molar-refractivity contribution in [3.8, 4) is 0 Å². The molecule has 1 aromatic carbocycles. The van der Waals surface area contributed by atoms with E-state index in [0.717, 1.165) is 23.1 Å². The van der Waals surface area contributed by atoms with Gasteiger partial charge in [-0.15, -0.1) is 0 Å². The molecule has 3 aromatic rings. The number of carbonyl (C=O) groups is 1. The minimum absolute atomic E-state index is 0.0841. The molecule has 140 valence electrons. The van der Waals surface area contributed by atoms with Crippen LogP contribution in [0, 0.1) is 6.92 Å². The summed E-state index contributed by atoms with van der Waals surface area (Å²) in [6.07, 6.45) is 2.51. The van der Waals surface area contributed by atoms with E-state index >= 15 is 0 Å². The van der Waals surface area contributed by atoms with E-state index in [0.29, 0.717) is 17.8 Å². The molecule has 7 heteroatoms. The highest BCUT2D eigenvalue weighted by atomic mass is 16.2. The second kappa shape index (κ2) is 6.04. The molecule has 1 aliphatic heterocycles. The normalized spacial score (nSPS) is 14.0. The second-order valence-electron chi connectivity index (χ2n) is 7.96. The fourth-order valence-electron chi connectivity index (χ4n) is 3.65. The summed E-state index contributed by atoms with van der Waals surface area (Å²) in [7, 11) is 0. The highest BCUT2D eigenvalue weighted by Gasteiger charge is 2.26. The van der Waals surface area contributed by atoms with E-state index < -0.39 is 0 Å². The first-order valence-corrected chi connectivity index (χ1v) is 9.11.